The Kier molecular flexibility index (Phi) is 5.36. The first kappa shape index (κ1) is 15.0. The molecule has 1 rings (SSSR count). The van der Waals surface area contributed by atoms with Crippen molar-refractivity contribution in [1.82, 2.24) is 5.32 Å². The maximum Gasteiger partial charge on any atom is 0.338 e. The van der Waals surface area contributed by atoms with E-state index in [0.717, 1.165) is 12.0 Å². The van der Waals surface area contributed by atoms with Crippen molar-refractivity contribution in [2.45, 2.75) is 33.2 Å². The van der Waals surface area contributed by atoms with Crippen LogP contribution in [0, 0.1) is 6.92 Å². The van der Waals surface area contributed by atoms with Crippen molar-refractivity contribution in [3.63, 3.8) is 0 Å². The molecule has 0 aliphatic heterocycles. The third-order valence-electron chi connectivity index (χ3n) is 2.69. The summed E-state index contributed by atoms with van der Waals surface area (Å²) in [7, 11) is 0. The summed E-state index contributed by atoms with van der Waals surface area (Å²) in [5, 5.41) is 2.72. The Morgan fingerprint density at radius 1 is 1.37 bits per heavy atom. The number of nitrogen functional groups attached to an aromatic ring is 1. The Morgan fingerprint density at radius 3 is 2.63 bits per heavy atom. The first-order valence-corrected chi connectivity index (χ1v) is 6.26. The lowest BCUT2D eigenvalue weighted by Crippen LogP contribution is -2.35. The highest BCUT2D eigenvalue weighted by molar-refractivity contribution is 5.92. The minimum absolute atomic E-state index is 0.0702. The van der Waals surface area contributed by atoms with Gasteiger partial charge in [-0.05, 0) is 44.0 Å². The first-order chi connectivity index (χ1) is 8.92. The Labute approximate surface area is 113 Å². The van der Waals surface area contributed by atoms with Gasteiger partial charge in [-0.1, -0.05) is 6.92 Å². The molecule has 0 aliphatic rings. The van der Waals surface area contributed by atoms with Crippen LogP contribution in [-0.4, -0.2) is 24.5 Å². The van der Waals surface area contributed by atoms with E-state index in [-0.39, 0.29) is 18.6 Å². The van der Waals surface area contributed by atoms with Crippen LogP contribution in [0.4, 0.5) is 5.69 Å². The Bertz CT molecular complexity index is 452. The summed E-state index contributed by atoms with van der Waals surface area (Å²) in [6.45, 7) is 5.41. The van der Waals surface area contributed by atoms with E-state index in [1.54, 1.807) is 12.1 Å². The van der Waals surface area contributed by atoms with Gasteiger partial charge in [0.15, 0.2) is 6.61 Å². The van der Waals surface area contributed by atoms with Crippen molar-refractivity contribution in [3.05, 3.63) is 29.3 Å². The maximum absolute atomic E-state index is 11.8. The molecule has 0 aromatic heterocycles. The molecule has 1 aromatic carbocycles. The molecule has 0 aliphatic carbocycles. The number of benzene rings is 1. The first-order valence-electron chi connectivity index (χ1n) is 6.26. The van der Waals surface area contributed by atoms with Crippen molar-refractivity contribution in [2.75, 3.05) is 12.3 Å². The molecule has 0 heterocycles. The van der Waals surface area contributed by atoms with Gasteiger partial charge >= 0.3 is 5.97 Å². The number of hydrogen-bond donors (Lipinski definition) is 2. The highest BCUT2D eigenvalue weighted by atomic mass is 16.5. The van der Waals surface area contributed by atoms with E-state index in [1.807, 2.05) is 20.8 Å². The Balaban J connectivity index is 2.53. The molecule has 5 nitrogen and oxygen atoms in total. The number of carbonyl (C=O) groups is 2. The van der Waals surface area contributed by atoms with Gasteiger partial charge in [0.25, 0.3) is 5.91 Å². The van der Waals surface area contributed by atoms with Crippen LogP contribution >= 0.6 is 0 Å². The lowest BCUT2D eigenvalue weighted by molar-refractivity contribution is -0.124. The van der Waals surface area contributed by atoms with Gasteiger partial charge in [-0.15, -0.1) is 0 Å². The molecule has 19 heavy (non-hydrogen) atoms. The summed E-state index contributed by atoms with van der Waals surface area (Å²) in [5.41, 5.74) is 7.37. The fraction of sp³-hybridized carbons (Fsp3) is 0.429. The number of ether oxygens (including phenoxy) is 1. The van der Waals surface area contributed by atoms with Crippen molar-refractivity contribution >= 4 is 17.6 Å². The Hall–Kier alpha value is -2.04. The van der Waals surface area contributed by atoms with Crippen molar-refractivity contribution < 1.29 is 14.3 Å². The Morgan fingerprint density at radius 2 is 2.05 bits per heavy atom. The minimum Gasteiger partial charge on any atom is -0.452 e. The lowest BCUT2D eigenvalue weighted by Gasteiger charge is -2.11. The molecule has 0 saturated heterocycles. The molecule has 1 amide bonds. The zero-order chi connectivity index (χ0) is 14.4. The fourth-order valence-electron chi connectivity index (χ4n) is 1.56. The number of nitrogens with two attached hydrogens (primary N) is 1. The number of esters is 1. The molecular weight excluding hydrogens is 244 g/mol. The zero-order valence-electron chi connectivity index (χ0n) is 11.5. The van der Waals surface area contributed by atoms with E-state index >= 15 is 0 Å². The van der Waals surface area contributed by atoms with Crippen molar-refractivity contribution in [2.24, 2.45) is 0 Å². The second-order valence-corrected chi connectivity index (χ2v) is 4.59. The third kappa shape index (κ3) is 4.99. The molecule has 0 saturated carbocycles. The number of amides is 1. The van der Waals surface area contributed by atoms with Gasteiger partial charge in [0, 0.05) is 11.7 Å². The second-order valence-electron chi connectivity index (χ2n) is 4.59. The number of hydrogen-bond acceptors (Lipinski definition) is 4. The summed E-state index contributed by atoms with van der Waals surface area (Å²) < 4.78 is 4.94. The summed E-state index contributed by atoms with van der Waals surface area (Å²) in [5.74, 6) is -0.849. The number of aryl methyl sites for hydroxylation is 1. The minimum atomic E-state index is -0.547. The molecule has 5 heteroatoms. The predicted octanol–water partition coefficient (Wildman–Crippen LogP) is 1.65. The van der Waals surface area contributed by atoms with Crippen LogP contribution in [0.15, 0.2) is 18.2 Å². The SMILES string of the molecule is CCC(C)NC(=O)COC(=O)c1cc(C)cc(N)c1. The van der Waals surface area contributed by atoms with Crippen molar-refractivity contribution in [3.8, 4) is 0 Å². The smallest absolute Gasteiger partial charge is 0.338 e. The van der Waals surface area contributed by atoms with E-state index in [2.05, 4.69) is 5.32 Å². The van der Waals surface area contributed by atoms with Crippen LogP contribution in [0.25, 0.3) is 0 Å². The predicted molar refractivity (Wildman–Crippen MR) is 73.8 cm³/mol. The van der Waals surface area contributed by atoms with E-state index < -0.39 is 5.97 Å². The summed E-state index contributed by atoms with van der Waals surface area (Å²) >= 11 is 0. The van der Waals surface area contributed by atoms with Gasteiger partial charge in [-0.25, -0.2) is 4.79 Å². The maximum atomic E-state index is 11.8. The van der Waals surface area contributed by atoms with Gasteiger partial charge < -0.3 is 15.8 Å². The molecule has 1 unspecified atom stereocenters. The van der Waals surface area contributed by atoms with Gasteiger partial charge in [0.05, 0.1) is 5.56 Å². The second kappa shape index (κ2) is 6.78. The quantitative estimate of drug-likeness (QED) is 0.626. The summed E-state index contributed by atoms with van der Waals surface area (Å²) in [6.07, 6.45) is 0.827. The van der Waals surface area contributed by atoms with E-state index in [1.165, 1.54) is 6.07 Å². The van der Waals surface area contributed by atoms with E-state index in [9.17, 15) is 9.59 Å². The molecule has 0 radical (unpaired) electrons. The molecule has 0 bridgehead atoms. The van der Waals surface area contributed by atoms with Crippen LogP contribution in [0.3, 0.4) is 0 Å². The third-order valence-corrected chi connectivity index (χ3v) is 2.69. The number of nitrogens with one attached hydrogen (secondary N) is 1. The highest BCUT2D eigenvalue weighted by Crippen LogP contribution is 2.12. The fourth-order valence-corrected chi connectivity index (χ4v) is 1.56. The average Bonchev–Trinajstić information content (AvgIpc) is 2.34. The molecule has 3 N–H and O–H groups in total. The van der Waals surface area contributed by atoms with Crippen LogP contribution < -0.4 is 11.1 Å². The van der Waals surface area contributed by atoms with Crippen LogP contribution in [0.2, 0.25) is 0 Å². The monoisotopic (exact) mass is 264 g/mol. The topological polar surface area (TPSA) is 81.4 Å². The normalized spacial score (nSPS) is 11.7. The molecular formula is C14H20N2O3. The van der Waals surface area contributed by atoms with Crippen LogP contribution in [0.5, 0.6) is 0 Å². The molecule has 0 fully saturated rings. The number of rotatable bonds is 5. The summed E-state index contributed by atoms with van der Waals surface area (Å²) in [4.78, 5) is 23.2. The van der Waals surface area contributed by atoms with Gasteiger partial charge in [0.2, 0.25) is 0 Å². The van der Waals surface area contributed by atoms with Gasteiger partial charge in [-0.3, -0.25) is 4.79 Å². The van der Waals surface area contributed by atoms with E-state index in [4.69, 9.17) is 10.5 Å². The molecule has 1 atom stereocenters. The van der Waals surface area contributed by atoms with Crippen LogP contribution in [-0.2, 0) is 9.53 Å². The van der Waals surface area contributed by atoms with Crippen molar-refractivity contribution in [1.29, 1.82) is 0 Å². The van der Waals surface area contributed by atoms with Gasteiger partial charge in [0.1, 0.15) is 0 Å². The summed E-state index contributed by atoms with van der Waals surface area (Å²) in [6, 6.07) is 5.03. The number of carbonyl (C=O) groups excluding carboxylic acids is 2. The molecule has 0 spiro atoms. The molecule has 104 valence electrons. The number of anilines is 1. The molecule has 1 aromatic rings. The standard InChI is InChI=1S/C14H20N2O3/c1-4-10(3)16-13(17)8-19-14(18)11-5-9(2)6-12(15)7-11/h5-7,10H,4,8,15H2,1-3H3,(H,16,17). The van der Waals surface area contributed by atoms with E-state index in [0.29, 0.717) is 11.3 Å². The van der Waals surface area contributed by atoms with Crippen LogP contribution in [0.1, 0.15) is 36.2 Å². The zero-order valence-corrected chi connectivity index (χ0v) is 11.5. The van der Waals surface area contributed by atoms with Gasteiger partial charge in [-0.2, -0.15) is 0 Å². The highest BCUT2D eigenvalue weighted by Gasteiger charge is 2.12. The lowest BCUT2D eigenvalue weighted by atomic mass is 10.1. The average molecular weight is 264 g/mol. The largest absolute Gasteiger partial charge is 0.452 e.